The largest absolute Gasteiger partial charge is 0.339 e. The van der Waals surface area contributed by atoms with Gasteiger partial charge in [-0.25, -0.2) is 0 Å². The van der Waals surface area contributed by atoms with E-state index in [2.05, 4.69) is 41.2 Å². The molecule has 0 aliphatic heterocycles. The summed E-state index contributed by atoms with van der Waals surface area (Å²) in [6, 6.07) is 16.3. The molecule has 5 heteroatoms. The molecule has 0 N–H and O–H groups in total. The van der Waals surface area contributed by atoms with E-state index in [1.54, 1.807) is 10.7 Å². The van der Waals surface area contributed by atoms with Crippen molar-refractivity contribution < 1.29 is 4.79 Å². The number of aryl methyl sites for hydroxylation is 2. The van der Waals surface area contributed by atoms with Crippen molar-refractivity contribution in [2.45, 2.75) is 51.6 Å². The Hall–Kier alpha value is -2.95. The van der Waals surface area contributed by atoms with E-state index >= 15 is 0 Å². The van der Waals surface area contributed by atoms with Gasteiger partial charge >= 0.3 is 0 Å². The van der Waals surface area contributed by atoms with Crippen LogP contribution in [0, 0.1) is 0 Å². The number of carbonyl (C=O) groups is 1. The molecule has 0 radical (unpaired) electrons. The van der Waals surface area contributed by atoms with Crippen molar-refractivity contribution in [3.05, 3.63) is 76.1 Å². The van der Waals surface area contributed by atoms with Gasteiger partial charge in [0.2, 0.25) is 11.3 Å². The number of rotatable bonds is 6. The molecule has 29 heavy (non-hydrogen) atoms. The molecule has 2 aromatic carbocycles. The highest BCUT2D eigenvalue weighted by Crippen LogP contribution is 2.25. The van der Waals surface area contributed by atoms with Gasteiger partial charge in [0.15, 0.2) is 0 Å². The average molecular weight is 389 g/mol. The molecule has 1 unspecified atom stereocenters. The molecule has 1 atom stereocenters. The maximum atomic E-state index is 13.1. The van der Waals surface area contributed by atoms with Gasteiger partial charge < -0.3 is 4.90 Å². The first kappa shape index (κ1) is 19.4. The molecule has 0 spiro atoms. The number of hydrogen-bond acceptors (Lipinski definition) is 3. The zero-order valence-corrected chi connectivity index (χ0v) is 16.9. The first-order valence-corrected chi connectivity index (χ1v) is 10.5. The Labute approximate surface area is 171 Å². The van der Waals surface area contributed by atoms with Crippen molar-refractivity contribution in [2.24, 2.45) is 0 Å². The Morgan fingerprint density at radius 3 is 2.72 bits per heavy atom. The van der Waals surface area contributed by atoms with Crippen molar-refractivity contribution in [1.82, 2.24) is 14.7 Å². The maximum absolute atomic E-state index is 13.1. The Bertz CT molecular complexity index is 1070. The van der Waals surface area contributed by atoms with Gasteiger partial charge in [-0.15, -0.1) is 0 Å². The van der Waals surface area contributed by atoms with E-state index in [1.165, 1.54) is 17.3 Å². The van der Waals surface area contributed by atoms with Crippen molar-refractivity contribution in [3.63, 3.8) is 0 Å². The third-order valence-electron chi connectivity index (χ3n) is 5.85. The fourth-order valence-corrected chi connectivity index (χ4v) is 4.38. The van der Waals surface area contributed by atoms with Crippen LogP contribution in [0.2, 0.25) is 0 Å². The van der Waals surface area contributed by atoms with Gasteiger partial charge in [0.25, 0.3) is 0 Å². The standard InChI is InChI=1S/C24H27N3O2/c1-2-14-26(20-12-11-18-7-3-4-8-19(18)16-20)24(29)13-15-27-22-10-6-5-9-21(22)23(28)17-25-27/h3-10,17,20H,2,11-16H2,1H3. The molecule has 1 aliphatic rings. The first-order chi connectivity index (χ1) is 14.2. The summed E-state index contributed by atoms with van der Waals surface area (Å²) in [4.78, 5) is 27.2. The summed E-state index contributed by atoms with van der Waals surface area (Å²) < 4.78 is 1.77. The van der Waals surface area contributed by atoms with E-state index in [0.717, 1.165) is 37.7 Å². The quantitative estimate of drug-likeness (QED) is 0.647. The van der Waals surface area contributed by atoms with E-state index in [-0.39, 0.29) is 17.4 Å². The van der Waals surface area contributed by atoms with Gasteiger partial charge in [0, 0.05) is 24.4 Å². The summed E-state index contributed by atoms with van der Waals surface area (Å²) >= 11 is 0. The fraction of sp³-hybridized carbons (Fsp3) is 0.375. The van der Waals surface area contributed by atoms with Crippen molar-refractivity contribution in [1.29, 1.82) is 0 Å². The number of nitrogens with zero attached hydrogens (tertiary/aromatic N) is 3. The molecule has 5 nitrogen and oxygen atoms in total. The van der Waals surface area contributed by atoms with E-state index in [4.69, 9.17) is 0 Å². The molecule has 0 saturated carbocycles. The number of benzene rings is 2. The number of hydrogen-bond donors (Lipinski definition) is 0. The van der Waals surface area contributed by atoms with Gasteiger partial charge in [-0.2, -0.15) is 5.10 Å². The number of aromatic nitrogens is 2. The Kier molecular flexibility index (Phi) is 5.74. The highest BCUT2D eigenvalue weighted by atomic mass is 16.2. The molecule has 1 heterocycles. The predicted molar refractivity (Wildman–Crippen MR) is 115 cm³/mol. The molecule has 1 aromatic heterocycles. The minimum atomic E-state index is -0.0864. The lowest BCUT2D eigenvalue weighted by Gasteiger charge is -2.35. The van der Waals surface area contributed by atoms with Crippen molar-refractivity contribution >= 4 is 16.8 Å². The van der Waals surface area contributed by atoms with Crippen LogP contribution in [0.3, 0.4) is 0 Å². The van der Waals surface area contributed by atoms with Gasteiger partial charge in [-0.1, -0.05) is 43.3 Å². The zero-order chi connectivity index (χ0) is 20.2. The van der Waals surface area contributed by atoms with Gasteiger partial charge in [-0.3, -0.25) is 14.3 Å². The van der Waals surface area contributed by atoms with Crippen LogP contribution in [0.15, 0.2) is 59.5 Å². The van der Waals surface area contributed by atoms with Gasteiger partial charge in [-0.05, 0) is 48.9 Å². The monoisotopic (exact) mass is 389 g/mol. The summed E-state index contributed by atoms with van der Waals surface area (Å²) in [5.74, 6) is 0.167. The van der Waals surface area contributed by atoms with E-state index < -0.39 is 0 Å². The number of amides is 1. The fourth-order valence-electron chi connectivity index (χ4n) is 4.38. The molecule has 0 bridgehead atoms. The molecule has 0 fully saturated rings. The molecule has 150 valence electrons. The average Bonchev–Trinajstić information content (AvgIpc) is 2.76. The summed E-state index contributed by atoms with van der Waals surface area (Å²) in [5.41, 5.74) is 3.47. The van der Waals surface area contributed by atoms with Crippen LogP contribution < -0.4 is 5.43 Å². The smallest absolute Gasteiger partial charge is 0.224 e. The lowest BCUT2D eigenvalue weighted by atomic mass is 9.87. The van der Waals surface area contributed by atoms with E-state index in [1.807, 2.05) is 18.2 Å². The third kappa shape index (κ3) is 4.09. The summed E-state index contributed by atoms with van der Waals surface area (Å²) in [5, 5.41) is 4.90. The lowest BCUT2D eigenvalue weighted by molar-refractivity contribution is -0.134. The third-order valence-corrected chi connectivity index (χ3v) is 5.85. The van der Waals surface area contributed by atoms with Crippen LogP contribution in [0.25, 0.3) is 10.9 Å². The second kappa shape index (κ2) is 8.60. The highest BCUT2D eigenvalue weighted by molar-refractivity contribution is 5.79. The minimum absolute atomic E-state index is 0.0864. The first-order valence-electron chi connectivity index (χ1n) is 10.5. The molecular formula is C24H27N3O2. The van der Waals surface area contributed by atoms with Crippen LogP contribution in [0.4, 0.5) is 0 Å². The van der Waals surface area contributed by atoms with Crippen LogP contribution in [-0.4, -0.2) is 33.2 Å². The van der Waals surface area contributed by atoms with Crippen LogP contribution in [0.1, 0.15) is 37.3 Å². The molecular weight excluding hydrogens is 362 g/mol. The Morgan fingerprint density at radius 2 is 1.90 bits per heavy atom. The van der Waals surface area contributed by atoms with E-state index in [9.17, 15) is 9.59 Å². The minimum Gasteiger partial charge on any atom is -0.339 e. The Morgan fingerprint density at radius 1 is 1.14 bits per heavy atom. The molecule has 3 aromatic rings. The second-order valence-electron chi connectivity index (χ2n) is 7.75. The van der Waals surface area contributed by atoms with Gasteiger partial charge in [0.05, 0.1) is 18.3 Å². The molecule has 1 aliphatic carbocycles. The van der Waals surface area contributed by atoms with Crippen LogP contribution >= 0.6 is 0 Å². The SMILES string of the molecule is CCCN(C(=O)CCn1ncc(=O)c2ccccc21)C1CCc2ccccc2C1. The summed E-state index contributed by atoms with van der Waals surface area (Å²) in [6.07, 6.45) is 5.65. The second-order valence-corrected chi connectivity index (χ2v) is 7.75. The summed E-state index contributed by atoms with van der Waals surface area (Å²) in [7, 11) is 0. The predicted octanol–water partition coefficient (Wildman–Crippen LogP) is 3.58. The molecule has 1 amide bonds. The molecule has 0 saturated heterocycles. The molecule has 4 rings (SSSR count). The number of para-hydroxylation sites is 1. The number of fused-ring (bicyclic) bond motifs is 2. The highest BCUT2D eigenvalue weighted by Gasteiger charge is 2.27. The van der Waals surface area contributed by atoms with Crippen LogP contribution in [-0.2, 0) is 24.2 Å². The van der Waals surface area contributed by atoms with E-state index in [0.29, 0.717) is 18.4 Å². The normalized spacial score (nSPS) is 15.8. The van der Waals surface area contributed by atoms with Crippen molar-refractivity contribution in [2.75, 3.05) is 6.54 Å². The number of carbonyl (C=O) groups excluding carboxylic acids is 1. The van der Waals surface area contributed by atoms with Crippen LogP contribution in [0.5, 0.6) is 0 Å². The Balaban J connectivity index is 1.49. The summed E-state index contributed by atoms with van der Waals surface area (Å²) in [6.45, 7) is 3.38. The van der Waals surface area contributed by atoms with Crippen molar-refractivity contribution in [3.8, 4) is 0 Å². The zero-order valence-electron chi connectivity index (χ0n) is 16.9. The topological polar surface area (TPSA) is 55.2 Å². The maximum Gasteiger partial charge on any atom is 0.224 e. The van der Waals surface area contributed by atoms with Gasteiger partial charge in [0.1, 0.15) is 0 Å². The lowest BCUT2D eigenvalue weighted by Crippen LogP contribution is -2.44.